The number of allylic oxidation sites excluding steroid dienone is 5. The zero-order valence-corrected chi connectivity index (χ0v) is 17.5. The molecule has 146 valence electrons. The van der Waals surface area contributed by atoms with Crippen molar-refractivity contribution in [3.05, 3.63) is 106 Å². The first kappa shape index (κ1) is 19.8. The second kappa shape index (κ2) is 8.89. The third-order valence-corrected chi connectivity index (χ3v) is 6.62. The monoisotopic (exact) mass is 398 g/mol. The van der Waals surface area contributed by atoms with E-state index in [-0.39, 0.29) is 0 Å². The topological polar surface area (TPSA) is 0 Å². The lowest BCUT2D eigenvalue weighted by Gasteiger charge is -2.32. The van der Waals surface area contributed by atoms with Crippen LogP contribution in [-0.4, -0.2) is 0 Å². The van der Waals surface area contributed by atoms with E-state index in [1.165, 1.54) is 36.0 Å². The molecular formula is C28H27Cl. The lowest BCUT2D eigenvalue weighted by molar-refractivity contribution is 0.383. The zero-order chi connectivity index (χ0) is 20.2. The first-order valence-electron chi connectivity index (χ1n) is 10.5. The summed E-state index contributed by atoms with van der Waals surface area (Å²) < 4.78 is 0. The smallest absolute Gasteiger partial charge is 0.0408 e. The van der Waals surface area contributed by atoms with Gasteiger partial charge < -0.3 is 0 Å². The summed E-state index contributed by atoms with van der Waals surface area (Å²) in [5.74, 6) is 4.34. The van der Waals surface area contributed by atoms with Crippen molar-refractivity contribution >= 4 is 11.6 Å². The van der Waals surface area contributed by atoms with Crippen LogP contribution in [0.1, 0.15) is 48.3 Å². The molecule has 29 heavy (non-hydrogen) atoms. The summed E-state index contributed by atoms with van der Waals surface area (Å²) in [6.07, 6.45) is 18.1. The van der Waals surface area contributed by atoms with E-state index in [2.05, 4.69) is 55.0 Å². The van der Waals surface area contributed by atoms with Crippen LogP contribution in [0, 0.1) is 24.2 Å². The van der Waals surface area contributed by atoms with Crippen molar-refractivity contribution in [3.8, 4) is 12.3 Å². The first-order valence-corrected chi connectivity index (χ1v) is 10.9. The number of terminal acetylenes is 1. The third kappa shape index (κ3) is 4.75. The van der Waals surface area contributed by atoms with Gasteiger partial charge in [-0.05, 0) is 73.4 Å². The fourth-order valence-corrected chi connectivity index (χ4v) is 5.02. The minimum Gasteiger partial charge on any atom is -0.115 e. The minimum atomic E-state index is 0.450. The average molecular weight is 399 g/mol. The van der Waals surface area contributed by atoms with Crippen LogP contribution in [0.15, 0.2) is 84.5 Å². The normalized spacial score (nSPS) is 23.7. The van der Waals surface area contributed by atoms with Crippen LogP contribution in [0.2, 0.25) is 5.02 Å². The Labute approximate surface area is 180 Å². The molecule has 0 aliphatic heterocycles. The molecule has 2 aromatic rings. The molecule has 0 radical (unpaired) electrons. The lowest BCUT2D eigenvalue weighted by Crippen LogP contribution is -2.17. The molecule has 2 aliphatic rings. The van der Waals surface area contributed by atoms with Gasteiger partial charge in [0.05, 0.1) is 0 Å². The van der Waals surface area contributed by atoms with E-state index in [0.29, 0.717) is 17.8 Å². The molecule has 3 unspecified atom stereocenters. The van der Waals surface area contributed by atoms with Crippen molar-refractivity contribution in [2.24, 2.45) is 11.8 Å². The Balaban J connectivity index is 1.36. The molecule has 0 heterocycles. The van der Waals surface area contributed by atoms with E-state index in [9.17, 15) is 0 Å². The molecule has 3 atom stereocenters. The van der Waals surface area contributed by atoms with E-state index in [1.807, 2.05) is 24.3 Å². The Morgan fingerprint density at radius 3 is 2.62 bits per heavy atom. The van der Waals surface area contributed by atoms with Crippen molar-refractivity contribution < 1.29 is 0 Å². The molecule has 1 heteroatoms. The van der Waals surface area contributed by atoms with Crippen LogP contribution in [0.25, 0.3) is 0 Å². The number of hydrogen-bond donors (Lipinski definition) is 0. The predicted molar refractivity (Wildman–Crippen MR) is 124 cm³/mol. The molecule has 0 amide bonds. The van der Waals surface area contributed by atoms with E-state index in [0.717, 1.165) is 23.4 Å². The van der Waals surface area contributed by atoms with Gasteiger partial charge in [-0.25, -0.2) is 0 Å². The van der Waals surface area contributed by atoms with Crippen molar-refractivity contribution in [1.29, 1.82) is 0 Å². The molecule has 0 bridgehead atoms. The Hall–Kier alpha value is -2.49. The largest absolute Gasteiger partial charge is 0.115 e. The van der Waals surface area contributed by atoms with Crippen LogP contribution in [-0.2, 0) is 6.42 Å². The fourth-order valence-electron chi connectivity index (χ4n) is 4.82. The summed E-state index contributed by atoms with van der Waals surface area (Å²) in [5.41, 5.74) is 6.53. The fraction of sp³-hybridized carbons (Fsp3) is 0.286. The van der Waals surface area contributed by atoms with E-state index in [1.54, 1.807) is 5.57 Å². The van der Waals surface area contributed by atoms with Crippen molar-refractivity contribution in [3.63, 3.8) is 0 Å². The highest BCUT2D eigenvalue weighted by Gasteiger charge is 2.28. The van der Waals surface area contributed by atoms with Gasteiger partial charge in [0.15, 0.2) is 0 Å². The summed E-state index contributed by atoms with van der Waals surface area (Å²) in [7, 11) is 0. The quantitative estimate of drug-likeness (QED) is 0.361. The Morgan fingerprint density at radius 2 is 1.90 bits per heavy atom. The maximum atomic E-state index is 6.20. The van der Waals surface area contributed by atoms with Gasteiger partial charge in [-0.3, -0.25) is 0 Å². The van der Waals surface area contributed by atoms with E-state index in [4.69, 9.17) is 18.0 Å². The second-order valence-corrected chi connectivity index (χ2v) is 8.83. The highest BCUT2D eigenvalue weighted by atomic mass is 35.5. The molecule has 0 nitrogen and oxygen atoms in total. The van der Waals surface area contributed by atoms with Gasteiger partial charge in [0, 0.05) is 22.4 Å². The summed E-state index contributed by atoms with van der Waals surface area (Å²) in [5, 5.41) is 0.817. The minimum absolute atomic E-state index is 0.450. The Morgan fingerprint density at radius 1 is 1.07 bits per heavy atom. The van der Waals surface area contributed by atoms with Crippen molar-refractivity contribution in [2.45, 2.75) is 38.0 Å². The van der Waals surface area contributed by atoms with Crippen molar-refractivity contribution in [1.82, 2.24) is 0 Å². The molecular weight excluding hydrogens is 372 g/mol. The van der Waals surface area contributed by atoms with E-state index < -0.39 is 0 Å². The zero-order valence-electron chi connectivity index (χ0n) is 16.8. The van der Waals surface area contributed by atoms with Gasteiger partial charge in [0.1, 0.15) is 0 Å². The Kier molecular flexibility index (Phi) is 6.08. The molecule has 0 spiro atoms. The van der Waals surface area contributed by atoms with Crippen molar-refractivity contribution in [2.75, 3.05) is 0 Å². The molecule has 0 aromatic heterocycles. The highest BCUT2D eigenvalue weighted by Crippen LogP contribution is 2.43. The molecule has 1 saturated carbocycles. The number of benzene rings is 2. The Bertz CT molecular complexity index is 984. The van der Waals surface area contributed by atoms with E-state index >= 15 is 0 Å². The maximum absolute atomic E-state index is 6.20. The van der Waals surface area contributed by atoms with Gasteiger partial charge in [-0.15, -0.1) is 6.42 Å². The molecule has 1 fully saturated rings. The van der Waals surface area contributed by atoms with Crippen LogP contribution in [0.4, 0.5) is 0 Å². The molecule has 0 saturated heterocycles. The third-order valence-electron chi connectivity index (χ3n) is 6.39. The lowest BCUT2D eigenvalue weighted by atomic mass is 9.73. The molecule has 2 aliphatic carbocycles. The molecule has 4 rings (SSSR count). The van der Waals surface area contributed by atoms with Gasteiger partial charge in [-0.2, -0.15) is 0 Å². The average Bonchev–Trinajstić information content (AvgIpc) is 3.15. The van der Waals surface area contributed by atoms with Gasteiger partial charge in [-0.1, -0.05) is 77.7 Å². The number of halogens is 1. The van der Waals surface area contributed by atoms with Crippen LogP contribution < -0.4 is 0 Å². The van der Waals surface area contributed by atoms with Crippen LogP contribution in [0.5, 0.6) is 0 Å². The number of rotatable bonds is 5. The SMILES string of the molecule is C#Cc1ccc(CC2C=CC=C2CC2CCC(c3cccc(Cl)c3)C(=C)C2)cc1. The predicted octanol–water partition coefficient (Wildman–Crippen LogP) is 7.51. The molecule has 0 N–H and O–H groups in total. The standard InChI is InChI=1S/C28H27Cl/c1-3-21-10-12-22(13-11-21)17-24-6-4-7-25(24)18-23-14-15-28(20(2)16-23)26-8-5-9-27(29)19-26/h1,4-13,19,23-24,28H,2,14-18H2. The van der Waals surface area contributed by atoms with Gasteiger partial charge in [0.2, 0.25) is 0 Å². The number of hydrogen-bond acceptors (Lipinski definition) is 0. The first-order chi connectivity index (χ1) is 14.1. The summed E-state index contributed by atoms with van der Waals surface area (Å²) in [6.45, 7) is 4.44. The summed E-state index contributed by atoms with van der Waals surface area (Å²) in [6, 6.07) is 16.7. The summed E-state index contributed by atoms with van der Waals surface area (Å²) >= 11 is 6.20. The maximum Gasteiger partial charge on any atom is 0.0408 e. The molecule has 2 aromatic carbocycles. The van der Waals surface area contributed by atoms with Crippen LogP contribution in [0.3, 0.4) is 0 Å². The van der Waals surface area contributed by atoms with Gasteiger partial charge in [0.25, 0.3) is 0 Å². The highest BCUT2D eigenvalue weighted by molar-refractivity contribution is 6.30. The van der Waals surface area contributed by atoms with Gasteiger partial charge >= 0.3 is 0 Å². The second-order valence-electron chi connectivity index (χ2n) is 8.40. The van der Waals surface area contributed by atoms with Crippen LogP contribution >= 0.6 is 11.6 Å². The summed E-state index contributed by atoms with van der Waals surface area (Å²) in [4.78, 5) is 0.